The van der Waals surface area contributed by atoms with Crippen LogP contribution >= 0.6 is 11.6 Å². The maximum atomic E-state index is 6.70. The van der Waals surface area contributed by atoms with Crippen LogP contribution in [0.1, 0.15) is 22.8 Å². The van der Waals surface area contributed by atoms with Crippen LogP contribution < -0.4 is 5.32 Å². The summed E-state index contributed by atoms with van der Waals surface area (Å²) in [6, 6.07) is 47.5. The Bertz CT molecular complexity index is 2580. The van der Waals surface area contributed by atoms with Crippen LogP contribution in [-0.4, -0.2) is 19.9 Å². The summed E-state index contributed by atoms with van der Waals surface area (Å²) in [5, 5.41) is 4.24. The summed E-state index contributed by atoms with van der Waals surface area (Å²) < 4.78 is 0. The zero-order chi connectivity index (χ0) is 33.4. The fourth-order valence-corrected chi connectivity index (χ4v) is 6.94. The first-order chi connectivity index (χ1) is 24.7. The molecule has 2 aliphatic rings. The van der Waals surface area contributed by atoms with Gasteiger partial charge in [0.05, 0.1) is 44.7 Å². The van der Waals surface area contributed by atoms with Crippen LogP contribution in [0.2, 0.25) is 5.02 Å². The second kappa shape index (κ2) is 12.5. The third-order valence-corrected chi connectivity index (χ3v) is 9.40. The number of nitrogens with one attached hydrogen (secondary N) is 3. The molecule has 0 atom stereocenters. The van der Waals surface area contributed by atoms with E-state index in [9.17, 15) is 0 Å². The molecule has 50 heavy (non-hydrogen) atoms. The lowest BCUT2D eigenvalue weighted by molar-refractivity contribution is 1.31. The van der Waals surface area contributed by atoms with Gasteiger partial charge in [0.1, 0.15) is 0 Å². The van der Waals surface area contributed by atoms with E-state index in [-0.39, 0.29) is 0 Å². The fraction of sp³-hybridized carbons (Fsp3) is 0. The number of aromatic nitrogens is 4. The molecule has 4 aromatic carbocycles. The molecule has 6 heteroatoms. The van der Waals surface area contributed by atoms with E-state index in [2.05, 4.69) is 137 Å². The molecule has 8 bridgehead atoms. The van der Waals surface area contributed by atoms with Crippen LogP contribution in [0.3, 0.4) is 0 Å². The highest BCUT2D eigenvalue weighted by Crippen LogP contribution is 2.38. The summed E-state index contributed by atoms with van der Waals surface area (Å²) in [4.78, 5) is 18.2. The van der Waals surface area contributed by atoms with Gasteiger partial charge in [-0.2, -0.15) is 0 Å². The Hall–Kier alpha value is -6.43. The quantitative estimate of drug-likeness (QED) is 0.172. The van der Waals surface area contributed by atoms with Gasteiger partial charge in [-0.15, -0.1) is 0 Å². The Balaban J connectivity index is 1.45. The molecule has 0 radical (unpaired) electrons. The summed E-state index contributed by atoms with van der Waals surface area (Å²) in [5.74, 6) is 0. The van der Waals surface area contributed by atoms with E-state index in [1.165, 1.54) is 0 Å². The fourth-order valence-electron chi connectivity index (χ4n) is 6.76. The van der Waals surface area contributed by atoms with Crippen LogP contribution in [0.5, 0.6) is 0 Å². The highest BCUT2D eigenvalue weighted by molar-refractivity contribution is 6.33. The van der Waals surface area contributed by atoms with Crippen molar-refractivity contribution in [1.29, 1.82) is 0 Å². The van der Waals surface area contributed by atoms with Crippen molar-refractivity contribution in [3.63, 3.8) is 0 Å². The number of nitrogens with zero attached hydrogens (tertiary/aromatic N) is 2. The molecule has 5 nitrogen and oxygen atoms in total. The van der Waals surface area contributed by atoms with Gasteiger partial charge in [-0.1, -0.05) is 115 Å². The van der Waals surface area contributed by atoms with Gasteiger partial charge >= 0.3 is 0 Å². The molecule has 3 N–H and O–H groups in total. The van der Waals surface area contributed by atoms with Crippen molar-refractivity contribution < 1.29 is 0 Å². The molecule has 9 rings (SSSR count). The Kier molecular flexibility index (Phi) is 7.45. The summed E-state index contributed by atoms with van der Waals surface area (Å²) in [7, 11) is 0. The number of para-hydroxylation sites is 1. The predicted molar refractivity (Wildman–Crippen MR) is 210 cm³/mol. The SMILES string of the molecule is Clc1ccccc1Nc1c2nc(c(-c3ccccc3)c3ccc([nH]3)c(-c3ccccc3)c3nc(c(-c4ccccc4)c4ccc1[nH]4)C=C3)C=C2. The van der Waals surface area contributed by atoms with Gasteiger partial charge in [0.15, 0.2) is 0 Å². The monoisotopic (exact) mass is 663 g/mol. The zero-order valence-corrected chi connectivity index (χ0v) is 27.6. The molecule has 0 saturated carbocycles. The second-order valence-corrected chi connectivity index (χ2v) is 12.6. The van der Waals surface area contributed by atoms with Crippen molar-refractivity contribution in [2.45, 2.75) is 0 Å². The van der Waals surface area contributed by atoms with Crippen molar-refractivity contribution >= 4 is 69.3 Å². The maximum Gasteiger partial charge on any atom is 0.0894 e. The van der Waals surface area contributed by atoms with E-state index in [1.54, 1.807) is 0 Å². The van der Waals surface area contributed by atoms with E-state index in [1.807, 2.05) is 42.5 Å². The van der Waals surface area contributed by atoms with Crippen LogP contribution in [0.25, 0.3) is 79.8 Å². The number of H-pyrrole nitrogens is 2. The standard InChI is InChI=1S/C44H30ClN5/c45-31-18-10-11-19-32(31)50-44-39-26-24-37(48-39)42(29-14-6-2-7-15-29)35-22-20-33(46-35)41(28-12-4-1-5-13-28)34-21-23-36(47-34)43(30-16-8-3-9-17-30)38-25-27-40(44)49-38/h1-27,46,49-50H. The van der Waals surface area contributed by atoms with Crippen molar-refractivity contribution in [1.82, 2.24) is 19.9 Å². The minimum absolute atomic E-state index is 0.622. The third-order valence-electron chi connectivity index (χ3n) is 9.07. The van der Waals surface area contributed by atoms with E-state index in [4.69, 9.17) is 21.6 Å². The predicted octanol–water partition coefficient (Wildman–Crippen LogP) is 12.1. The number of hydrogen-bond acceptors (Lipinski definition) is 3. The summed E-state index contributed by atoms with van der Waals surface area (Å²) in [6.45, 7) is 0. The molecule has 7 aromatic rings. The number of anilines is 2. The number of rotatable bonds is 5. The molecule has 0 aliphatic carbocycles. The van der Waals surface area contributed by atoms with Crippen molar-refractivity contribution in [3.05, 3.63) is 167 Å². The molecule has 5 heterocycles. The van der Waals surface area contributed by atoms with E-state index < -0.39 is 0 Å². The summed E-state index contributed by atoms with van der Waals surface area (Å²) in [5.41, 5.74) is 15.0. The summed E-state index contributed by atoms with van der Waals surface area (Å²) >= 11 is 6.70. The van der Waals surface area contributed by atoms with Crippen molar-refractivity contribution in [2.75, 3.05) is 5.32 Å². The molecule has 0 amide bonds. The molecule has 0 saturated heterocycles. The van der Waals surface area contributed by atoms with E-state index in [0.29, 0.717) is 5.02 Å². The molecule has 3 aromatic heterocycles. The smallest absolute Gasteiger partial charge is 0.0894 e. The molecule has 0 fully saturated rings. The van der Waals surface area contributed by atoms with Crippen LogP contribution in [-0.2, 0) is 0 Å². The lowest BCUT2D eigenvalue weighted by Gasteiger charge is -2.10. The Morgan fingerprint density at radius 3 is 1.26 bits per heavy atom. The van der Waals surface area contributed by atoms with Gasteiger partial charge < -0.3 is 15.3 Å². The van der Waals surface area contributed by atoms with Crippen molar-refractivity contribution in [2.24, 2.45) is 0 Å². The highest BCUT2D eigenvalue weighted by Gasteiger charge is 2.18. The second-order valence-electron chi connectivity index (χ2n) is 12.2. The average Bonchev–Trinajstić information content (AvgIpc) is 4.00. The number of halogens is 1. The number of benzene rings is 4. The molecular weight excluding hydrogens is 634 g/mol. The molecule has 2 aliphatic heterocycles. The molecule has 238 valence electrons. The normalized spacial score (nSPS) is 11.9. The van der Waals surface area contributed by atoms with E-state index in [0.717, 1.165) is 89.6 Å². The molecule has 0 spiro atoms. The van der Waals surface area contributed by atoms with Gasteiger partial charge in [0.25, 0.3) is 0 Å². The molecule has 0 unspecified atom stereocenters. The van der Waals surface area contributed by atoms with Gasteiger partial charge in [0.2, 0.25) is 0 Å². The minimum Gasteiger partial charge on any atom is -0.354 e. The Morgan fingerprint density at radius 1 is 0.400 bits per heavy atom. The Labute approximate surface area is 294 Å². The van der Waals surface area contributed by atoms with Gasteiger partial charge in [-0.25, -0.2) is 9.97 Å². The highest BCUT2D eigenvalue weighted by atomic mass is 35.5. The maximum absolute atomic E-state index is 6.70. The van der Waals surface area contributed by atoms with Crippen LogP contribution in [0.15, 0.2) is 140 Å². The average molecular weight is 664 g/mol. The Morgan fingerprint density at radius 2 is 0.780 bits per heavy atom. The first-order valence-corrected chi connectivity index (χ1v) is 16.9. The van der Waals surface area contributed by atoms with Crippen molar-refractivity contribution in [3.8, 4) is 33.4 Å². The number of aromatic amines is 2. The molecular formula is C44H30ClN5. The largest absolute Gasteiger partial charge is 0.354 e. The van der Waals surface area contributed by atoms with Crippen LogP contribution in [0.4, 0.5) is 11.4 Å². The number of hydrogen-bond donors (Lipinski definition) is 3. The number of fused-ring (bicyclic) bond motifs is 8. The first kappa shape index (κ1) is 29.7. The van der Waals surface area contributed by atoms with Gasteiger partial charge in [0, 0.05) is 33.2 Å². The van der Waals surface area contributed by atoms with Gasteiger partial charge in [-0.05, 0) is 77.4 Å². The lowest BCUT2D eigenvalue weighted by Crippen LogP contribution is -1.95. The van der Waals surface area contributed by atoms with Gasteiger partial charge in [-0.3, -0.25) is 0 Å². The van der Waals surface area contributed by atoms with E-state index >= 15 is 0 Å². The first-order valence-electron chi connectivity index (χ1n) is 16.5. The minimum atomic E-state index is 0.622. The zero-order valence-electron chi connectivity index (χ0n) is 26.9. The topological polar surface area (TPSA) is 69.4 Å². The summed E-state index contributed by atoms with van der Waals surface area (Å²) in [6.07, 6.45) is 8.38. The lowest BCUT2D eigenvalue weighted by atomic mass is 10.0. The third kappa shape index (κ3) is 5.40. The van der Waals surface area contributed by atoms with Crippen LogP contribution in [0, 0.1) is 0 Å².